The van der Waals surface area contributed by atoms with Crippen molar-refractivity contribution in [1.29, 1.82) is 0 Å². The highest BCUT2D eigenvalue weighted by molar-refractivity contribution is 5.45. The normalized spacial score (nSPS) is 18.2. The molecule has 2 rings (SSSR count). The number of benzene rings is 1. The van der Waals surface area contributed by atoms with Gasteiger partial charge in [-0.2, -0.15) is 13.2 Å². The first kappa shape index (κ1) is 16.1. The molecular weight excluding hydrogens is 279 g/mol. The second kappa shape index (κ2) is 5.87. The highest BCUT2D eigenvalue weighted by Crippen LogP contribution is 2.40. The number of nitrogens with one attached hydrogen (secondary N) is 1. The van der Waals surface area contributed by atoms with Crippen LogP contribution in [0.25, 0.3) is 0 Å². The summed E-state index contributed by atoms with van der Waals surface area (Å²) in [5, 5.41) is 3.15. The van der Waals surface area contributed by atoms with Crippen LogP contribution >= 0.6 is 0 Å². The van der Waals surface area contributed by atoms with Crippen LogP contribution in [0.5, 0.6) is 5.75 Å². The number of halogens is 3. The van der Waals surface area contributed by atoms with E-state index in [-0.39, 0.29) is 17.9 Å². The second-order valence-electron chi connectivity index (χ2n) is 6.19. The molecule has 0 saturated carbocycles. The molecule has 2 nitrogen and oxygen atoms in total. The molecule has 0 bridgehead atoms. The van der Waals surface area contributed by atoms with Crippen molar-refractivity contribution < 1.29 is 17.9 Å². The van der Waals surface area contributed by atoms with Gasteiger partial charge in [0.15, 0.2) is 0 Å². The Morgan fingerprint density at radius 2 is 2.05 bits per heavy atom. The van der Waals surface area contributed by atoms with Gasteiger partial charge in [0.25, 0.3) is 0 Å². The third kappa shape index (κ3) is 3.90. The van der Waals surface area contributed by atoms with Crippen molar-refractivity contribution in [3.8, 4) is 5.75 Å². The average Bonchev–Trinajstić information content (AvgIpc) is 2.69. The topological polar surface area (TPSA) is 21.3 Å². The van der Waals surface area contributed by atoms with E-state index < -0.39 is 12.6 Å². The Hall–Kier alpha value is -1.23. The van der Waals surface area contributed by atoms with Crippen LogP contribution in [-0.4, -0.2) is 19.3 Å². The van der Waals surface area contributed by atoms with Crippen LogP contribution in [-0.2, 0) is 5.41 Å². The quantitative estimate of drug-likeness (QED) is 0.873. The molecule has 0 aromatic heterocycles. The molecule has 1 aromatic carbocycles. The molecule has 0 spiro atoms. The maximum absolute atomic E-state index is 12.5. The van der Waals surface area contributed by atoms with Crippen LogP contribution in [0, 0.1) is 0 Å². The standard InChI is InChI=1S/C16H22F3NO/c1-4-20-13(7-8-16(17,18)19)11-5-6-14-12(9-11)15(2,3)10-21-14/h5-6,9,13,20H,4,7-8,10H2,1-3H3. The van der Waals surface area contributed by atoms with Crippen molar-refractivity contribution in [3.63, 3.8) is 0 Å². The smallest absolute Gasteiger partial charge is 0.389 e. The van der Waals surface area contributed by atoms with E-state index in [0.29, 0.717) is 13.2 Å². The third-order valence-electron chi connectivity index (χ3n) is 3.89. The highest BCUT2D eigenvalue weighted by Gasteiger charge is 2.33. The summed E-state index contributed by atoms with van der Waals surface area (Å²) in [6.45, 7) is 7.32. The summed E-state index contributed by atoms with van der Waals surface area (Å²) in [4.78, 5) is 0. The minimum Gasteiger partial charge on any atom is -0.492 e. The fourth-order valence-corrected chi connectivity index (χ4v) is 2.70. The van der Waals surface area contributed by atoms with Crippen LogP contribution < -0.4 is 10.1 Å². The minimum absolute atomic E-state index is 0.0530. The lowest BCUT2D eigenvalue weighted by Gasteiger charge is -2.22. The summed E-state index contributed by atoms with van der Waals surface area (Å²) >= 11 is 0. The molecule has 1 N–H and O–H groups in total. The fraction of sp³-hybridized carbons (Fsp3) is 0.625. The third-order valence-corrected chi connectivity index (χ3v) is 3.89. The second-order valence-corrected chi connectivity index (χ2v) is 6.19. The summed E-state index contributed by atoms with van der Waals surface area (Å²) in [5.41, 5.74) is 1.89. The molecular formula is C16H22F3NO. The van der Waals surface area contributed by atoms with Crippen molar-refractivity contribution in [3.05, 3.63) is 29.3 Å². The zero-order chi connectivity index (χ0) is 15.7. The van der Waals surface area contributed by atoms with E-state index in [1.165, 1.54) is 0 Å². The molecule has 0 aliphatic carbocycles. The SMILES string of the molecule is CCNC(CCC(F)(F)F)c1ccc2c(c1)C(C)(C)CO2. The summed E-state index contributed by atoms with van der Waals surface area (Å²) in [7, 11) is 0. The Kier molecular flexibility index (Phi) is 4.51. The van der Waals surface area contributed by atoms with Crippen molar-refractivity contribution in [2.45, 2.75) is 51.2 Å². The maximum Gasteiger partial charge on any atom is 0.389 e. The minimum atomic E-state index is -4.12. The predicted molar refractivity (Wildman–Crippen MR) is 76.7 cm³/mol. The van der Waals surface area contributed by atoms with E-state index in [4.69, 9.17) is 4.74 Å². The molecule has 0 saturated heterocycles. The van der Waals surface area contributed by atoms with Gasteiger partial charge in [-0.15, -0.1) is 0 Å². The van der Waals surface area contributed by atoms with Crippen molar-refractivity contribution >= 4 is 0 Å². The Morgan fingerprint density at radius 3 is 2.67 bits per heavy atom. The van der Waals surface area contributed by atoms with E-state index in [2.05, 4.69) is 19.2 Å². The van der Waals surface area contributed by atoms with Gasteiger partial charge in [0.1, 0.15) is 5.75 Å². The van der Waals surface area contributed by atoms with Gasteiger partial charge in [-0.25, -0.2) is 0 Å². The van der Waals surface area contributed by atoms with Gasteiger partial charge in [-0.3, -0.25) is 0 Å². The highest BCUT2D eigenvalue weighted by atomic mass is 19.4. The molecule has 1 atom stereocenters. The van der Waals surface area contributed by atoms with Crippen molar-refractivity contribution in [1.82, 2.24) is 5.32 Å². The molecule has 0 amide bonds. The van der Waals surface area contributed by atoms with Crippen LogP contribution in [0.3, 0.4) is 0 Å². The van der Waals surface area contributed by atoms with Gasteiger partial charge in [-0.05, 0) is 30.7 Å². The Morgan fingerprint density at radius 1 is 1.33 bits per heavy atom. The summed E-state index contributed by atoms with van der Waals surface area (Å²) < 4.78 is 43.0. The molecule has 118 valence electrons. The van der Waals surface area contributed by atoms with E-state index in [9.17, 15) is 13.2 Å². The van der Waals surface area contributed by atoms with Crippen LogP contribution in [0.2, 0.25) is 0 Å². The monoisotopic (exact) mass is 301 g/mol. The van der Waals surface area contributed by atoms with E-state index >= 15 is 0 Å². The van der Waals surface area contributed by atoms with Crippen molar-refractivity contribution in [2.75, 3.05) is 13.2 Å². The molecule has 1 aromatic rings. The zero-order valence-corrected chi connectivity index (χ0v) is 12.7. The van der Waals surface area contributed by atoms with Crippen LogP contribution in [0.1, 0.15) is 50.8 Å². The van der Waals surface area contributed by atoms with Gasteiger partial charge in [-0.1, -0.05) is 26.8 Å². The maximum atomic E-state index is 12.5. The van der Waals surface area contributed by atoms with Crippen LogP contribution in [0.4, 0.5) is 13.2 Å². The van der Waals surface area contributed by atoms with Gasteiger partial charge >= 0.3 is 6.18 Å². The van der Waals surface area contributed by atoms with Crippen LogP contribution in [0.15, 0.2) is 18.2 Å². The Balaban J connectivity index is 2.21. The van der Waals surface area contributed by atoms with Gasteiger partial charge in [0.2, 0.25) is 0 Å². The van der Waals surface area contributed by atoms with E-state index in [0.717, 1.165) is 16.9 Å². The first-order valence-electron chi connectivity index (χ1n) is 7.30. The molecule has 5 heteroatoms. The Labute approximate surface area is 123 Å². The summed E-state index contributed by atoms with van der Waals surface area (Å²) in [6.07, 6.45) is -4.84. The lowest BCUT2D eigenvalue weighted by atomic mass is 9.85. The number of hydrogen-bond donors (Lipinski definition) is 1. The number of rotatable bonds is 5. The van der Waals surface area contributed by atoms with Gasteiger partial charge in [0, 0.05) is 23.4 Å². The molecule has 0 fully saturated rings. The molecule has 1 unspecified atom stereocenters. The number of ether oxygens (including phenoxy) is 1. The molecule has 1 heterocycles. The largest absolute Gasteiger partial charge is 0.492 e. The fourth-order valence-electron chi connectivity index (χ4n) is 2.70. The van der Waals surface area contributed by atoms with Gasteiger partial charge < -0.3 is 10.1 Å². The first-order valence-corrected chi connectivity index (χ1v) is 7.30. The summed E-state index contributed by atoms with van der Waals surface area (Å²) in [6, 6.07) is 5.45. The first-order chi connectivity index (χ1) is 9.73. The van der Waals surface area contributed by atoms with E-state index in [1.54, 1.807) is 0 Å². The average molecular weight is 301 g/mol. The predicted octanol–water partition coefficient (Wildman–Crippen LogP) is 4.35. The number of alkyl halides is 3. The molecule has 1 aliphatic rings. The lowest BCUT2D eigenvalue weighted by molar-refractivity contribution is -0.136. The lowest BCUT2D eigenvalue weighted by Crippen LogP contribution is -2.24. The number of fused-ring (bicyclic) bond motifs is 1. The molecule has 1 aliphatic heterocycles. The Bertz CT molecular complexity index is 497. The molecule has 21 heavy (non-hydrogen) atoms. The summed E-state index contributed by atoms with van der Waals surface area (Å²) in [5.74, 6) is 0.842. The zero-order valence-electron chi connectivity index (χ0n) is 12.7. The van der Waals surface area contributed by atoms with Crippen molar-refractivity contribution in [2.24, 2.45) is 0 Å². The van der Waals surface area contributed by atoms with E-state index in [1.807, 2.05) is 25.1 Å². The number of hydrogen-bond acceptors (Lipinski definition) is 2. The van der Waals surface area contributed by atoms with Gasteiger partial charge in [0.05, 0.1) is 6.61 Å². The molecule has 0 radical (unpaired) electrons.